The average molecular weight is 471 g/mol. The second kappa shape index (κ2) is 11.7. The maximum Gasteiger partial charge on any atom is 0.126 e. The van der Waals surface area contributed by atoms with Crippen LogP contribution in [0.4, 0.5) is 4.39 Å². The van der Waals surface area contributed by atoms with E-state index in [0.29, 0.717) is 23.7 Å². The van der Waals surface area contributed by atoms with E-state index in [0.717, 1.165) is 54.2 Å². The molecular formula is C25H31FN4O2S. The summed E-state index contributed by atoms with van der Waals surface area (Å²) in [5, 5.41) is 11.7. The van der Waals surface area contributed by atoms with Crippen molar-refractivity contribution in [3.63, 3.8) is 0 Å². The third kappa shape index (κ3) is 6.19. The molecule has 2 aromatic heterocycles. The molecule has 0 amide bonds. The van der Waals surface area contributed by atoms with Gasteiger partial charge in [0.25, 0.3) is 0 Å². The van der Waals surface area contributed by atoms with Gasteiger partial charge in [-0.05, 0) is 67.5 Å². The van der Waals surface area contributed by atoms with E-state index in [2.05, 4.69) is 19.9 Å². The van der Waals surface area contributed by atoms with Crippen LogP contribution in [0.1, 0.15) is 31.0 Å². The number of thioether (sulfide) groups is 1. The molecule has 3 aromatic rings. The van der Waals surface area contributed by atoms with Crippen LogP contribution in [0.15, 0.2) is 54.1 Å². The van der Waals surface area contributed by atoms with Crippen LogP contribution < -0.4 is 4.74 Å². The van der Waals surface area contributed by atoms with E-state index in [1.165, 1.54) is 0 Å². The number of rotatable bonds is 10. The monoisotopic (exact) mass is 470 g/mol. The Labute approximate surface area is 198 Å². The summed E-state index contributed by atoms with van der Waals surface area (Å²) in [4.78, 5) is 15.1. The highest BCUT2D eigenvalue weighted by molar-refractivity contribution is 7.99. The first-order valence-electron chi connectivity index (χ1n) is 11.5. The minimum atomic E-state index is -1.07. The van der Waals surface area contributed by atoms with E-state index >= 15 is 4.39 Å². The van der Waals surface area contributed by atoms with Gasteiger partial charge in [0.15, 0.2) is 0 Å². The molecule has 1 aliphatic heterocycles. The van der Waals surface area contributed by atoms with E-state index in [1.54, 1.807) is 49.7 Å². The third-order valence-electron chi connectivity index (χ3n) is 6.52. The number of methoxy groups -OCH3 is 1. The highest BCUT2D eigenvalue weighted by Crippen LogP contribution is 2.35. The van der Waals surface area contributed by atoms with Gasteiger partial charge in [-0.3, -0.25) is 9.97 Å². The Morgan fingerprint density at radius 1 is 1.21 bits per heavy atom. The van der Waals surface area contributed by atoms with Gasteiger partial charge in [0.2, 0.25) is 0 Å². The zero-order chi connectivity index (χ0) is 23.0. The van der Waals surface area contributed by atoms with Crippen LogP contribution in [0.3, 0.4) is 0 Å². The molecule has 1 unspecified atom stereocenters. The molecule has 1 aromatic carbocycles. The molecule has 176 valence electrons. The van der Waals surface area contributed by atoms with Crippen molar-refractivity contribution in [1.29, 1.82) is 0 Å². The van der Waals surface area contributed by atoms with Gasteiger partial charge < -0.3 is 14.7 Å². The van der Waals surface area contributed by atoms with Crippen LogP contribution in [0.25, 0.3) is 10.9 Å². The van der Waals surface area contributed by atoms with Crippen LogP contribution >= 0.6 is 11.8 Å². The van der Waals surface area contributed by atoms with Crippen LogP contribution in [0, 0.1) is 11.8 Å². The fraction of sp³-hybridized carbons (Fsp3) is 0.480. The molecule has 3 heterocycles. The Hall–Kier alpha value is -2.29. The zero-order valence-electron chi connectivity index (χ0n) is 18.9. The fourth-order valence-electron chi connectivity index (χ4n) is 4.65. The van der Waals surface area contributed by atoms with Crippen molar-refractivity contribution in [3.8, 4) is 5.75 Å². The molecule has 1 aliphatic rings. The van der Waals surface area contributed by atoms with Crippen LogP contribution in [-0.2, 0) is 0 Å². The predicted octanol–water partition coefficient (Wildman–Crippen LogP) is 4.55. The topological polar surface area (TPSA) is 71.4 Å². The van der Waals surface area contributed by atoms with E-state index < -0.39 is 6.17 Å². The molecule has 0 radical (unpaired) electrons. The molecule has 33 heavy (non-hydrogen) atoms. The Bertz CT molecular complexity index is 1030. The number of alkyl halides is 1. The number of likely N-dealkylation sites (tertiary alicyclic amines) is 1. The molecule has 6 nitrogen and oxygen atoms in total. The number of nitrogens with zero attached hydrogens (tertiary/aromatic N) is 4. The Balaban J connectivity index is 1.30. The van der Waals surface area contributed by atoms with Crippen molar-refractivity contribution < 1.29 is 14.2 Å². The zero-order valence-corrected chi connectivity index (χ0v) is 19.8. The van der Waals surface area contributed by atoms with Gasteiger partial charge >= 0.3 is 0 Å². The molecular weight excluding hydrogens is 439 g/mol. The lowest BCUT2D eigenvalue weighted by Crippen LogP contribution is -2.43. The number of piperidine rings is 1. The molecule has 4 rings (SSSR count). The fourth-order valence-corrected chi connectivity index (χ4v) is 5.48. The smallest absolute Gasteiger partial charge is 0.126 e. The second-order valence-corrected chi connectivity index (χ2v) is 9.63. The number of aliphatic hydroxyl groups excluding tert-OH is 1. The van der Waals surface area contributed by atoms with Crippen LogP contribution in [-0.4, -0.2) is 64.1 Å². The summed E-state index contributed by atoms with van der Waals surface area (Å²) in [6.07, 6.45) is 7.97. The average Bonchev–Trinajstić information content (AvgIpc) is 2.87. The van der Waals surface area contributed by atoms with Gasteiger partial charge in [-0.1, -0.05) is 0 Å². The Morgan fingerprint density at radius 3 is 2.91 bits per heavy atom. The molecule has 0 saturated carbocycles. The molecule has 0 spiro atoms. The molecule has 0 aliphatic carbocycles. The standard InChI is InChI=1S/C25H31FN4O2S/c1-32-20-3-5-24-22(14-20)21(6-8-28-24)23(26)4-2-18-7-11-30(16-19(18)17-31)12-13-33-25-15-27-9-10-29-25/h3,5-6,8-10,14-15,18-19,23,31H,2,4,7,11-13,16-17H2,1H3/t18-,19-,23?/m1/s1. The van der Waals surface area contributed by atoms with Crippen LogP contribution in [0.5, 0.6) is 5.75 Å². The van der Waals surface area contributed by atoms with Gasteiger partial charge in [0.1, 0.15) is 16.9 Å². The quantitative estimate of drug-likeness (QED) is 0.436. The lowest BCUT2D eigenvalue weighted by molar-refractivity contribution is 0.0672. The maximum atomic E-state index is 15.3. The number of aliphatic hydroxyl groups is 1. The number of halogens is 1. The van der Waals surface area contributed by atoms with Crippen molar-refractivity contribution in [1.82, 2.24) is 19.9 Å². The molecule has 8 heteroatoms. The molecule has 1 N–H and O–H groups in total. The summed E-state index contributed by atoms with van der Waals surface area (Å²) in [7, 11) is 1.61. The van der Waals surface area contributed by atoms with Gasteiger partial charge in [-0.25, -0.2) is 9.37 Å². The lowest BCUT2D eigenvalue weighted by atomic mass is 9.81. The third-order valence-corrected chi connectivity index (χ3v) is 7.41. The van der Waals surface area contributed by atoms with Crippen molar-refractivity contribution >= 4 is 22.7 Å². The Morgan fingerprint density at radius 2 is 2.12 bits per heavy atom. The van der Waals surface area contributed by atoms with Gasteiger partial charge in [0.05, 0.1) is 18.8 Å². The number of pyridine rings is 1. The summed E-state index contributed by atoms with van der Waals surface area (Å²) >= 11 is 1.70. The number of benzene rings is 1. The van der Waals surface area contributed by atoms with E-state index in [-0.39, 0.29) is 12.5 Å². The van der Waals surface area contributed by atoms with Crippen molar-refractivity contribution in [2.45, 2.75) is 30.5 Å². The van der Waals surface area contributed by atoms with Gasteiger partial charge in [-0.15, -0.1) is 11.8 Å². The summed E-state index contributed by atoms with van der Waals surface area (Å²) < 4.78 is 20.6. The van der Waals surface area contributed by atoms with E-state index in [1.807, 2.05) is 18.2 Å². The first-order chi connectivity index (χ1) is 16.2. The summed E-state index contributed by atoms with van der Waals surface area (Å²) in [6, 6.07) is 7.34. The number of fused-ring (bicyclic) bond motifs is 1. The van der Waals surface area contributed by atoms with Crippen molar-refractivity contribution in [2.24, 2.45) is 11.8 Å². The molecule has 1 fully saturated rings. The summed E-state index contributed by atoms with van der Waals surface area (Å²) in [6.45, 7) is 2.93. The number of ether oxygens (including phenoxy) is 1. The highest BCUT2D eigenvalue weighted by Gasteiger charge is 2.29. The molecule has 1 saturated heterocycles. The van der Waals surface area contributed by atoms with E-state index in [4.69, 9.17) is 4.74 Å². The molecule has 0 bridgehead atoms. The number of hydrogen-bond donors (Lipinski definition) is 1. The van der Waals surface area contributed by atoms with Gasteiger partial charge in [0, 0.05) is 49.4 Å². The summed E-state index contributed by atoms with van der Waals surface area (Å²) in [5.74, 6) is 2.16. The Kier molecular flexibility index (Phi) is 8.47. The predicted molar refractivity (Wildman–Crippen MR) is 129 cm³/mol. The first kappa shape index (κ1) is 23.9. The first-order valence-corrected chi connectivity index (χ1v) is 12.4. The lowest BCUT2D eigenvalue weighted by Gasteiger charge is -2.38. The minimum absolute atomic E-state index is 0.144. The normalized spacial score (nSPS) is 20.1. The second-order valence-electron chi connectivity index (χ2n) is 8.51. The minimum Gasteiger partial charge on any atom is -0.497 e. The van der Waals surface area contributed by atoms with Crippen molar-refractivity contribution in [2.75, 3.05) is 39.1 Å². The van der Waals surface area contributed by atoms with Gasteiger partial charge in [-0.2, -0.15) is 0 Å². The van der Waals surface area contributed by atoms with Crippen molar-refractivity contribution in [3.05, 3.63) is 54.6 Å². The SMILES string of the molecule is COc1ccc2nccc(C(F)CC[C@@H]3CCN(CCSc4cnccn4)C[C@@H]3CO)c2c1. The summed E-state index contributed by atoms with van der Waals surface area (Å²) in [5.41, 5.74) is 1.44. The highest BCUT2D eigenvalue weighted by atomic mass is 32.2. The maximum absolute atomic E-state index is 15.3. The largest absolute Gasteiger partial charge is 0.497 e. The van der Waals surface area contributed by atoms with Crippen LogP contribution in [0.2, 0.25) is 0 Å². The van der Waals surface area contributed by atoms with E-state index in [9.17, 15) is 5.11 Å². The number of hydrogen-bond acceptors (Lipinski definition) is 7. The number of aromatic nitrogens is 3. The molecule has 3 atom stereocenters.